The van der Waals surface area contributed by atoms with Gasteiger partial charge in [0.2, 0.25) is 0 Å². The van der Waals surface area contributed by atoms with Crippen molar-refractivity contribution in [3.63, 3.8) is 0 Å². The Morgan fingerprint density at radius 2 is 2.23 bits per heavy atom. The summed E-state index contributed by atoms with van der Waals surface area (Å²) in [7, 11) is 0. The van der Waals surface area contributed by atoms with E-state index in [4.69, 9.17) is 0 Å². The van der Waals surface area contributed by atoms with Crippen molar-refractivity contribution in [3.05, 3.63) is 31.1 Å². The highest BCUT2D eigenvalue weighted by Crippen LogP contribution is 2.32. The summed E-state index contributed by atoms with van der Waals surface area (Å²) in [6.07, 6.45) is 0.897. The molecule has 0 amide bonds. The number of hydrogen-bond acceptors (Lipinski definition) is 2. The second-order valence-corrected chi connectivity index (χ2v) is 5.59. The molecule has 0 saturated heterocycles. The molecule has 0 spiro atoms. The second kappa shape index (κ2) is 3.67. The van der Waals surface area contributed by atoms with Crippen LogP contribution in [0.5, 0.6) is 0 Å². The molecule has 0 bridgehead atoms. The number of carbonyl (C=O) groups is 1. The Morgan fingerprint density at radius 3 is 2.92 bits per heavy atom. The molecular formula is C9H4BrIOS. The highest BCUT2D eigenvalue weighted by Gasteiger charge is 2.06. The summed E-state index contributed by atoms with van der Waals surface area (Å²) in [4.78, 5) is 11.4. The molecule has 0 saturated carbocycles. The lowest BCUT2D eigenvalue weighted by molar-refractivity contribution is 0.112. The lowest BCUT2D eigenvalue weighted by Gasteiger charge is -1.95. The SMILES string of the molecule is O=Cc1cc2c(I)c(Br)ccc2s1. The summed E-state index contributed by atoms with van der Waals surface area (Å²) in [5.41, 5.74) is 0. The fourth-order valence-electron chi connectivity index (χ4n) is 1.13. The molecule has 0 radical (unpaired) electrons. The van der Waals surface area contributed by atoms with Gasteiger partial charge in [-0.05, 0) is 56.7 Å². The van der Waals surface area contributed by atoms with Gasteiger partial charge in [-0.15, -0.1) is 11.3 Å². The van der Waals surface area contributed by atoms with Gasteiger partial charge in [0, 0.05) is 18.1 Å². The molecule has 2 aromatic rings. The molecule has 0 unspecified atom stereocenters. The van der Waals surface area contributed by atoms with Crippen LogP contribution >= 0.6 is 49.9 Å². The molecule has 0 aliphatic rings. The summed E-state index contributed by atoms with van der Waals surface area (Å²) < 4.78 is 3.41. The molecule has 1 nitrogen and oxygen atoms in total. The predicted octanol–water partition coefficient (Wildman–Crippen LogP) is 4.08. The summed E-state index contributed by atoms with van der Waals surface area (Å²) >= 11 is 7.26. The van der Waals surface area contributed by atoms with Crippen LogP contribution in [-0.4, -0.2) is 6.29 Å². The van der Waals surface area contributed by atoms with Crippen LogP contribution < -0.4 is 0 Å². The second-order valence-electron chi connectivity index (χ2n) is 2.54. The predicted molar refractivity (Wildman–Crippen MR) is 67.6 cm³/mol. The number of rotatable bonds is 1. The van der Waals surface area contributed by atoms with E-state index in [2.05, 4.69) is 38.5 Å². The third-order valence-corrected chi connectivity index (χ3v) is 5.31. The first kappa shape index (κ1) is 9.61. The van der Waals surface area contributed by atoms with Crippen molar-refractivity contribution >= 4 is 66.2 Å². The van der Waals surface area contributed by atoms with E-state index in [1.165, 1.54) is 14.9 Å². The quantitative estimate of drug-likeness (QED) is 0.549. The van der Waals surface area contributed by atoms with Gasteiger partial charge in [0.25, 0.3) is 0 Å². The normalized spacial score (nSPS) is 10.6. The zero-order chi connectivity index (χ0) is 9.42. The Bertz CT molecular complexity index is 478. The van der Waals surface area contributed by atoms with Crippen LogP contribution in [0.15, 0.2) is 22.7 Å². The van der Waals surface area contributed by atoms with Crippen molar-refractivity contribution in [2.24, 2.45) is 0 Å². The van der Waals surface area contributed by atoms with Crippen LogP contribution in [0.25, 0.3) is 10.1 Å². The van der Waals surface area contributed by atoms with Crippen molar-refractivity contribution in [1.82, 2.24) is 0 Å². The zero-order valence-corrected chi connectivity index (χ0v) is 10.9. The molecule has 2 rings (SSSR count). The maximum atomic E-state index is 10.6. The lowest BCUT2D eigenvalue weighted by Crippen LogP contribution is -1.73. The van der Waals surface area contributed by atoms with E-state index >= 15 is 0 Å². The van der Waals surface area contributed by atoms with Crippen molar-refractivity contribution in [3.8, 4) is 0 Å². The van der Waals surface area contributed by atoms with Crippen LogP contribution in [0.4, 0.5) is 0 Å². The zero-order valence-electron chi connectivity index (χ0n) is 6.38. The number of aldehydes is 1. The van der Waals surface area contributed by atoms with Crippen molar-refractivity contribution < 1.29 is 4.79 Å². The Hall–Kier alpha value is 0.0600. The van der Waals surface area contributed by atoms with Crippen molar-refractivity contribution in [2.45, 2.75) is 0 Å². The molecule has 0 fully saturated rings. The fourth-order valence-corrected chi connectivity index (χ4v) is 3.17. The van der Waals surface area contributed by atoms with Gasteiger partial charge in [0.05, 0.1) is 4.88 Å². The molecule has 4 heteroatoms. The van der Waals surface area contributed by atoms with E-state index in [0.29, 0.717) is 0 Å². The standard InChI is InChI=1S/C9H4BrIOS/c10-7-1-2-8-6(9(7)11)3-5(4-12)13-8/h1-4H. The summed E-state index contributed by atoms with van der Waals surface area (Å²) in [6.45, 7) is 0. The molecule has 0 atom stereocenters. The van der Waals surface area contributed by atoms with E-state index < -0.39 is 0 Å². The smallest absolute Gasteiger partial charge is 0.160 e. The maximum Gasteiger partial charge on any atom is 0.160 e. The minimum Gasteiger partial charge on any atom is -0.297 e. The first-order valence-electron chi connectivity index (χ1n) is 3.55. The first-order chi connectivity index (χ1) is 6.22. The van der Waals surface area contributed by atoms with Gasteiger partial charge in [-0.2, -0.15) is 0 Å². The van der Waals surface area contributed by atoms with Gasteiger partial charge in [-0.1, -0.05) is 0 Å². The van der Waals surface area contributed by atoms with E-state index in [9.17, 15) is 4.79 Å². The molecule has 0 aliphatic carbocycles. The van der Waals surface area contributed by atoms with Crippen LogP contribution in [0.1, 0.15) is 9.67 Å². The molecule has 1 aromatic carbocycles. The third kappa shape index (κ3) is 1.67. The molecule has 0 aliphatic heterocycles. The monoisotopic (exact) mass is 366 g/mol. The highest BCUT2D eigenvalue weighted by atomic mass is 127. The lowest BCUT2D eigenvalue weighted by atomic mass is 10.2. The number of benzene rings is 1. The topological polar surface area (TPSA) is 17.1 Å². The van der Waals surface area contributed by atoms with E-state index in [-0.39, 0.29) is 0 Å². The van der Waals surface area contributed by atoms with Gasteiger partial charge in [0.15, 0.2) is 6.29 Å². The van der Waals surface area contributed by atoms with E-state index in [1.807, 2.05) is 18.2 Å². The Balaban J connectivity index is 2.83. The number of fused-ring (bicyclic) bond motifs is 1. The number of halogens is 2. The van der Waals surface area contributed by atoms with Gasteiger partial charge in [-0.3, -0.25) is 4.79 Å². The van der Waals surface area contributed by atoms with E-state index in [0.717, 1.165) is 25.7 Å². The maximum absolute atomic E-state index is 10.6. The van der Waals surface area contributed by atoms with Crippen molar-refractivity contribution in [1.29, 1.82) is 0 Å². The molecule has 66 valence electrons. The Labute approximate surface area is 101 Å². The minimum atomic E-state index is 0.783. The summed E-state index contributed by atoms with van der Waals surface area (Å²) in [5, 5.41) is 1.15. The van der Waals surface area contributed by atoms with Crippen molar-refractivity contribution in [2.75, 3.05) is 0 Å². The average Bonchev–Trinajstić information content (AvgIpc) is 2.55. The fraction of sp³-hybridized carbons (Fsp3) is 0. The van der Waals surface area contributed by atoms with Gasteiger partial charge in [0.1, 0.15) is 0 Å². The third-order valence-electron chi connectivity index (χ3n) is 1.72. The first-order valence-corrected chi connectivity index (χ1v) is 6.24. The van der Waals surface area contributed by atoms with Crippen LogP contribution in [-0.2, 0) is 0 Å². The summed E-state index contributed by atoms with van der Waals surface area (Å²) in [5.74, 6) is 0. The highest BCUT2D eigenvalue weighted by molar-refractivity contribution is 14.1. The number of carbonyl (C=O) groups excluding carboxylic acids is 1. The van der Waals surface area contributed by atoms with Gasteiger partial charge < -0.3 is 0 Å². The molecule has 1 aromatic heterocycles. The Kier molecular flexibility index (Phi) is 2.71. The molecule has 13 heavy (non-hydrogen) atoms. The summed E-state index contributed by atoms with van der Waals surface area (Å²) in [6, 6.07) is 5.97. The molecule has 0 N–H and O–H groups in total. The number of thiophene rings is 1. The van der Waals surface area contributed by atoms with Gasteiger partial charge >= 0.3 is 0 Å². The Morgan fingerprint density at radius 1 is 1.46 bits per heavy atom. The van der Waals surface area contributed by atoms with Crippen LogP contribution in [0.3, 0.4) is 0 Å². The largest absolute Gasteiger partial charge is 0.297 e. The average molecular weight is 367 g/mol. The van der Waals surface area contributed by atoms with E-state index in [1.54, 1.807) is 0 Å². The number of hydrogen-bond donors (Lipinski definition) is 0. The van der Waals surface area contributed by atoms with Gasteiger partial charge in [-0.25, -0.2) is 0 Å². The van der Waals surface area contributed by atoms with Crippen LogP contribution in [0, 0.1) is 3.57 Å². The molecule has 1 heterocycles. The minimum absolute atomic E-state index is 0.783. The van der Waals surface area contributed by atoms with Crippen LogP contribution in [0.2, 0.25) is 0 Å². The molecular weight excluding hydrogens is 363 g/mol.